The van der Waals surface area contributed by atoms with Crippen LogP contribution in [0, 0.1) is 0 Å². The molecule has 9 nitrogen and oxygen atoms in total. The van der Waals surface area contributed by atoms with Crippen LogP contribution < -0.4 is 10.6 Å². The van der Waals surface area contributed by atoms with E-state index >= 15 is 0 Å². The number of hydrogen-bond donors (Lipinski definition) is 2. The molecule has 0 bridgehead atoms. The van der Waals surface area contributed by atoms with Crippen molar-refractivity contribution in [3.63, 3.8) is 0 Å². The van der Waals surface area contributed by atoms with Gasteiger partial charge in [-0.05, 0) is 51.3 Å². The third-order valence-corrected chi connectivity index (χ3v) is 5.55. The van der Waals surface area contributed by atoms with Crippen molar-refractivity contribution >= 4 is 30.0 Å². The molecule has 0 aliphatic rings. The molecule has 1 aromatic carbocycles. The fourth-order valence-electron chi connectivity index (χ4n) is 3.70. The summed E-state index contributed by atoms with van der Waals surface area (Å²) in [7, 11) is 1.23. The Hall–Kier alpha value is -3.36. The van der Waals surface area contributed by atoms with E-state index in [1.807, 2.05) is 6.07 Å². The molecule has 2 N–H and O–H groups in total. The van der Waals surface area contributed by atoms with Gasteiger partial charge >= 0.3 is 12.1 Å². The number of nitrogens with one attached hydrogen (secondary N) is 2. The predicted molar refractivity (Wildman–Crippen MR) is 144 cm³/mol. The monoisotopic (exact) mass is 517 g/mol. The number of hydrogen-bond acceptors (Lipinski definition) is 6. The summed E-state index contributed by atoms with van der Waals surface area (Å²) in [5, 5.41) is 5.16. The molecule has 2 unspecified atom stereocenters. The van der Waals surface area contributed by atoms with Gasteiger partial charge in [0, 0.05) is 6.54 Å². The average Bonchev–Trinajstić information content (AvgIpc) is 2.84. The zero-order chi connectivity index (χ0) is 28.0. The molecular formula is C28H43N3O6. The summed E-state index contributed by atoms with van der Waals surface area (Å²) in [4.78, 5) is 52.6. The number of carbonyl (C=O) groups is 4. The Balaban J connectivity index is 3.34. The molecular weight excluding hydrogens is 474 g/mol. The van der Waals surface area contributed by atoms with Gasteiger partial charge in [0.25, 0.3) is 0 Å². The summed E-state index contributed by atoms with van der Waals surface area (Å²) in [6.07, 6.45) is 5.64. The number of carbonyl (C=O) groups excluding carboxylic acids is 4. The maximum atomic E-state index is 13.7. The molecule has 0 aromatic heterocycles. The van der Waals surface area contributed by atoms with Crippen LogP contribution in [-0.4, -0.2) is 60.6 Å². The van der Waals surface area contributed by atoms with Crippen molar-refractivity contribution in [2.75, 3.05) is 20.2 Å². The number of alkyl carbamates (subject to hydrolysis) is 1. The van der Waals surface area contributed by atoms with E-state index in [0.717, 1.165) is 31.2 Å². The Bertz CT molecular complexity index is 925. The third kappa shape index (κ3) is 11.5. The summed E-state index contributed by atoms with van der Waals surface area (Å²) in [5.41, 5.74) is 0.609. The van der Waals surface area contributed by atoms with Crippen molar-refractivity contribution in [1.82, 2.24) is 15.5 Å². The molecule has 0 spiro atoms. The molecule has 206 valence electrons. The highest BCUT2D eigenvalue weighted by Gasteiger charge is 2.34. The number of rotatable bonds is 14. The summed E-state index contributed by atoms with van der Waals surface area (Å²) >= 11 is 0. The molecule has 1 rings (SSSR count). The maximum absolute atomic E-state index is 13.7. The number of esters is 1. The van der Waals surface area contributed by atoms with Crippen LogP contribution in [0.5, 0.6) is 0 Å². The predicted octanol–water partition coefficient (Wildman–Crippen LogP) is 4.37. The van der Waals surface area contributed by atoms with Crippen LogP contribution in [0.25, 0.3) is 6.08 Å². The highest BCUT2D eigenvalue weighted by molar-refractivity contribution is 5.93. The molecule has 37 heavy (non-hydrogen) atoms. The van der Waals surface area contributed by atoms with Gasteiger partial charge in [0.05, 0.1) is 7.11 Å². The van der Waals surface area contributed by atoms with E-state index in [4.69, 9.17) is 4.74 Å². The van der Waals surface area contributed by atoms with E-state index in [2.05, 4.69) is 28.9 Å². The van der Waals surface area contributed by atoms with Gasteiger partial charge in [-0.2, -0.15) is 0 Å². The second-order valence-electron chi connectivity index (χ2n) is 9.88. The number of ether oxygens (including phenoxy) is 2. The zero-order valence-electron chi connectivity index (χ0n) is 23.1. The van der Waals surface area contributed by atoms with E-state index in [9.17, 15) is 19.2 Å². The summed E-state index contributed by atoms with van der Waals surface area (Å²) in [6.45, 7) is 12.6. The first-order valence-electron chi connectivity index (χ1n) is 12.8. The van der Waals surface area contributed by atoms with E-state index in [1.54, 1.807) is 52.0 Å². The van der Waals surface area contributed by atoms with Crippen molar-refractivity contribution in [2.45, 2.75) is 84.4 Å². The third-order valence-electron chi connectivity index (χ3n) is 5.55. The number of benzene rings is 1. The first-order chi connectivity index (χ1) is 17.4. The molecule has 2 atom stereocenters. The zero-order valence-corrected chi connectivity index (χ0v) is 23.1. The van der Waals surface area contributed by atoms with E-state index in [-0.39, 0.29) is 13.1 Å². The Morgan fingerprint density at radius 1 is 1.11 bits per heavy atom. The highest BCUT2D eigenvalue weighted by atomic mass is 16.6. The number of unbranched alkanes of at least 4 members (excludes halogenated alkanes) is 4. The maximum Gasteiger partial charge on any atom is 0.408 e. The first kappa shape index (κ1) is 31.7. The molecule has 0 heterocycles. The van der Waals surface area contributed by atoms with Gasteiger partial charge in [-0.1, -0.05) is 63.5 Å². The van der Waals surface area contributed by atoms with Gasteiger partial charge in [0.2, 0.25) is 11.8 Å². The van der Waals surface area contributed by atoms with Crippen LogP contribution in [0.4, 0.5) is 4.79 Å². The average molecular weight is 518 g/mol. The molecule has 0 radical (unpaired) electrons. The van der Waals surface area contributed by atoms with Gasteiger partial charge in [-0.25, -0.2) is 4.79 Å². The number of nitrogens with zero attached hydrogens (tertiary/aromatic N) is 1. The van der Waals surface area contributed by atoms with Crippen molar-refractivity contribution in [2.24, 2.45) is 0 Å². The quantitative estimate of drug-likeness (QED) is 0.280. The fourth-order valence-corrected chi connectivity index (χ4v) is 3.70. The van der Waals surface area contributed by atoms with E-state index < -0.39 is 41.6 Å². The van der Waals surface area contributed by atoms with E-state index in [0.29, 0.717) is 12.0 Å². The minimum Gasteiger partial charge on any atom is -0.468 e. The van der Waals surface area contributed by atoms with Crippen molar-refractivity contribution in [1.29, 1.82) is 0 Å². The van der Waals surface area contributed by atoms with Crippen LogP contribution in [0.2, 0.25) is 0 Å². The first-order valence-corrected chi connectivity index (χ1v) is 12.8. The van der Waals surface area contributed by atoms with Gasteiger partial charge < -0.3 is 25.0 Å². The normalized spacial score (nSPS) is 12.6. The largest absolute Gasteiger partial charge is 0.468 e. The SMILES string of the molecule is C=Cc1cccc(C(C(=O)NCC(=O)OC)N(CCCCCCC)C(=O)C(C)NC(=O)OC(C)(C)C)c1. The molecule has 0 fully saturated rings. The van der Waals surface area contributed by atoms with Crippen molar-refractivity contribution in [3.05, 3.63) is 42.0 Å². The Kier molecular flexibility index (Phi) is 13.4. The molecule has 0 saturated carbocycles. The van der Waals surface area contributed by atoms with Gasteiger partial charge in [0.1, 0.15) is 24.2 Å². The summed E-state index contributed by atoms with van der Waals surface area (Å²) < 4.78 is 9.95. The lowest BCUT2D eigenvalue weighted by molar-refractivity contribution is -0.144. The topological polar surface area (TPSA) is 114 Å². The summed E-state index contributed by atoms with van der Waals surface area (Å²) in [6, 6.07) is 5.15. The van der Waals surface area contributed by atoms with E-state index in [1.165, 1.54) is 12.0 Å². The molecule has 9 heteroatoms. The lowest BCUT2D eigenvalue weighted by Gasteiger charge is -2.34. The van der Waals surface area contributed by atoms with Crippen LogP contribution in [0.3, 0.4) is 0 Å². The highest BCUT2D eigenvalue weighted by Crippen LogP contribution is 2.25. The number of methoxy groups -OCH3 is 1. The van der Waals surface area contributed by atoms with Gasteiger partial charge in [-0.15, -0.1) is 0 Å². The lowest BCUT2D eigenvalue weighted by atomic mass is 10.00. The fraction of sp³-hybridized carbons (Fsp3) is 0.571. The van der Waals surface area contributed by atoms with Crippen LogP contribution >= 0.6 is 0 Å². The second-order valence-corrected chi connectivity index (χ2v) is 9.88. The van der Waals surface area contributed by atoms with Crippen LogP contribution in [0.15, 0.2) is 30.8 Å². The molecule has 0 aliphatic heterocycles. The Morgan fingerprint density at radius 2 is 1.78 bits per heavy atom. The lowest BCUT2D eigenvalue weighted by Crippen LogP contribution is -2.52. The summed E-state index contributed by atoms with van der Waals surface area (Å²) in [5.74, 6) is -1.58. The number of amides is 3. The Morgan fingerprint density at radius 3 is 2.38 bits per heavy atom. The van der Waals surface area contributed by atoms with Crippen molar-refractivity contribution in [3.8, 4) is 0 Å². The van der Waals surface area contributed by atoms with Crippen LogP contribution in [0.1, 0.15) is 83.9 Å². The molecule has 0 aliphatic carbocycles. The standard InChI is InChI=1S/C28H43N3O6/c1-8-10-11-12-13-17-31(26(34)20(3)30-27(35)37-28(4,5)6)24(25(33)29-19-23(32)36-7)22-16-14-15-21(9-2)18-22/h9,14-16,18,20,24H,2,8,10-13,17,19H2,1,3-7H3,(H,29,33)(H,30,35). The molecule has 3 amide bonds. The smallest absolute Gasteiger partial charge is 0.408 e. The molecule has 0 saturated heterocycles. The molecule has 1 aromatic rings. The minimum absolute atomic E-state index is 0.289. The Labute approximate surface area is 221 Å². The van der Waals surface area contributed by atoms with Gasteiger partial charge in [-0.3, -0.25) is 14.4 Å². The van der Waals surface area contributed by atoms with Crippen molar-refractivity contribution < 1.29 is 28.7 Å². The second kappa shape index (κ2) is 15.7. The van der Waals surface area contributed by atoms with Crippen LogP contribution in [-0.2, 0) is 23.9 Å². The minimum atomic E-state index is -1.04. The van der Waals surface area contributed by atoms with Gasteiger partial charge in [0.15, 0.2) is 0 Å².